The third kappa shape index (κ3) is 2.97. The summed E-state index contributed by atoms with van der Waals surface area (Å²) in [5, 5.41) is 13.7. The number of thiazole rings is 1. The molecule has 1 atom stereocenters. The Hall–Kier alpha value is -1.93. The number of aryl methyl sites for hydroxylation is 3. The maximum atomic E-state index is 9.27. The summed E-state index contributed by atoms with van der Waals surface area (Å²) in [6, 6.07) is 4.21. The van der Waals surface area contributed by atoms with Crippen LogP contribution in [0.2, 0.25) is 0 Å². The molecule has 20 heavy (non-hydrogen) atoms. The quantitative estimate of drug-likeness (QED) is 0.929. The van der Waals surface area contributed by atoms with Crippen molar-refractivity contribution in [2.75, 3.05) is 5.32 Å². The molecule has 2 rings (SSSR count). The Morgan fingerprint density at radius 1 is 1.45 bits per heavy atom. The topological polar surface area (TPSA) is 61.6 Å². The van der Waals surface area contributed by atoms with Gasteiger partial charge in [-0.05, 0) is 33.3 Å². The van der Waals surface area contributed by atoms with E-state index < -0.39 is 0 Å². The van der Waals surface area contributed by atoms with Gasteiger partial charge in [0, 0.05) is 16.8 Å². The second-order valence-corrected chi connectivity index (χ2v) is 5.91. The van der Waals surface area contributed by atoms with Crippen molar-refractivity contribution in [1.82, 2.24) is 9.97 Å². The molecule has 5 heteroatoms. The first-order valence-electron chi connectivity index (χ1n) is 6.64. The standard InChI is InChI=1S/C15H18N4S/c1-5-12-8-17-15(20-12)11(4)19-14-6-9(2)18-10(3)13(14)7-16/h6,8,11H,5H2,1-4H3,(H,18,19). The molecule has 1 N–H and O–H groups in total. The van der Waals surface area contributed by atoms with Crippen LogP contribution in [0.4, 0.5) is 5.69 Å². The molecule has 2 heterocycles. The molecule has 0 aliphatic rings. The van der Waals surface area contributed by atoms with Crippen molar-refractivity contribution in [3.8, 4) is 6.07 Å². The predicted octanol–water partition coefficient (Wildman–Crippen LogP) is 3.76. The Kier molecular flexibility index (Phi) is 4.35. The average Bonchev–Trinajstić information content (AvgIpc) is 2.87. The van der Waals surface area contributed by atoms with Crippen molar-refractivity contribution in [3.63, 3.8) is 0 Å². The first-order chi connectivity index (χ1) is 9.55. The Morgan fingerprint density at radius 3 is 2.80 bits per heavy atom. The van der Waals surface area contributed by atoms with E-state index in [1.807, 2.05) is 26.1 Å². The second kappa shape index (κ2) is 6.02. The fraction of sp³-hybridized carbons (Fsp3) is 0.400. The summed E-state index contributed by atoms with van der Waals surface area (Å²) in [6.45, 7) is 7.98. The molecule has 0 fully saturated rings. The van der Waals surface area contributed by atoms with E-state index in [9.17, 15) is 5.26 Å². The van der Waals surface area contributed by atoms with Gasteiger partial charge in [-0.3, -0.25) is 4.98 Å². The highest BCUT2D eigenvalue weighted by atomic mass is 32.1. The Bertz CT molecular complexity index is 654. The molecule has 2 aromatic rings. The Balaban J connectivity index is 2.27. The molecule has 0 amide bonds. The summed E-state index contributed by atoms with van der Waals surface area (Å²) in [6.07, 6.45) is 2.92. The summed E-state index contributed by atoms with van der Waals surface area (Å²) in [5.74, 6) is 0. The van der Waals surface area contributed by atoms with Gasteiger partial charge in [-0.25, -0.2) is 4.98 Å². The monoisotopic (exact) mass is 286 g/mol. The number of hydrogen-bond acceptors (Lipinski definition) is 5. The van der Waals surface area contributed by atoms with E-state index in [-0.39, 0.29) is 6.04 Å². The van der Waals surface area contributed by atoms with Crippen molar-refractivity contribution in [3.05, 3.63) is 39.1 Å². The number of pyridine rings is 1. The van der Waals surface area contributed by atoms with Gasteiger partial charge in [-0.15, -0.1) is 11.3 Å². The minimum atomic E-state index is 0.0774. The fourth-order valence-electron chi connectivity index (χ4n) is 2.06. The summed E-state index contributed by atoms with van der Waals surface area (Å²) in [5.41, 5.74) is 3.10. The van der Waals surface area contributed by atoms with E-state index in [2.05, 4.69) is 35.2 Å². The van der Waals surface area contributed by atoms with Gasteiger partial charge in [0.05, 0.1) is 23.0 Å². The summed E-state index contributed by atoms with van der Waals surface area (Å²) in [7, 11) is 0. The van der Waals surface area contributed by atoms with Crippen molar-refractivity contribution >= 4 is 17.0 Å². The van der Waals surface area contributed by atoms with Gasteiger partial charge < -0.3 is 5.32 Å². The van der Waals surface area contributed by atoms with Crippen LogP contribution < -0.4 is 5.32 Å². The summed E-state index contributed by atoms with van der Waals surface area (Å²) >= 11 is 1.71. The van der Waals surface area contributed by atoms with Gasteiger partial charge in [0.1, 0.15) is 11.1 Å². The predicted molar refractivity (Wildman–Crippen MR) is 82.0 cm³/mol. The number of nitrogens with zero attached hydrogens (tertiary/aromatic N) is 3. The molecule has 4 nitrogen and oxygen atoms in total. The third-order valence-corrected chi connectivity index (χ3v) is 4.43. The first kappa shape index (κ1) is 14.5. The van der Waals surface area contributed by atoms with Gasteiger partial charge >= 0.3 is 0 Å². The number of aromatic nitrogens is 2. The lowest BCUT2D eigenvalue weighted by Gasteiger charge is -2.15. The molecule has 0 aliphatic heterocycles. The largest absolute Gasteiger partial charge is 0.375 e. The van der Waals surface area contributed by atoms with Crippen LogP contribution >= 0.6 is 11.3 Å². The molecule has 2 aromatic heterocycles. The van der Waals surface area contributed by atoms with Crippen LogP contribution in [-0.4, -0.2) is 9.97 Å². The minimum absolute atomic E-state index is 0.0774. The van der Waals surface area contributed by atoms with Crippen LogP contribution in [0.25, 0.3) is 0 Å². The van der Waals surface area contributed by atoms with Gasteiger partial charge in [-0.1, -0.05) is 6.92 Å². The van der Waals surface area contributed by atoms with Crippen molar-refractivity contribution < 1.29 is 0 Å². The van der Waals surface area contributed by atoms with E-state index in [1.54, 1.807) is 11.3 Å². The molecule has 0 saturated carbocycles. The maximum Gasteiger partial charge on any atom is 0.115 e. The number of nitrogens with one attached hydrogen (secondary N) is 1. The lowest BCUT2D eigenvalue weighted by molar-refractivity contribution is 0.866. The van der Waals surface area contributed by atoms with Crippen LogP contribution in [-0.2, 0) is 6.42 Å². The lowest BCUT2D eigenvalue weighted by Crippen LogP contribution is -2.09. The zero-order valence-corrected chi connectivity index (χ0v) is 13.0. The molecule has 0 bridgehead atoms. The molecule has 0 saturated heterocycles. The SMILES string of the molecule is CCc1cnc(C(C)Nc2cc(C)nc(C)c2C#N)s1. The maximum absolute atomic E-state index is 9.27. The van der Waals surface area contributed by atoms with Crippen molar-refractivity contribution in [1.29, 1.82) is 5.26 Å². The average molecular weight is 286 g/mol. The van der Waals surface area contributed by atoms with Gasteiger partial charge in [0.2, 0.25) is 0 Å². The Labute approximate surface area is 123 Å². The first-order valence-corrected chi connectivity index (χ1v) is 7.46. The van der Waals surface area contributed by atoms with Crippen LogP contribution in [0.5, 0.6) is 0 Å². The van der Waals surface area contributed by atoms with E-state index in [4.69, 9.17) is 0 Å². The molecule has 0 aliphatic carbocycles. The number of hydrogen-bond donors (Lipinski definition) is 1. The summed E-state index contributed by atoms with van der Waals surface area (Å²) < 4.78 is 0. The minimum Gasteiger partial charge on any atom is -0.375 e. The number of nitriles is 1. The highest BCUT2D eigenvalue weighted by Gasteiger charge is 2.14. The van der Waals surface area contributed by atoms with Crippen molar-refractivity contribution in [2.24, 2.45) is 0 Å². The van der Waals surface area contributed by atoms with E-state index >= 15 is 0 Å². The van der Waals surface area contributed by atoms with Crippen LogP contribution in [0.15, 0.2) is 12.3 Å². The zero-order chi connectivity index (χ0) is 14.7. The van der Waals surface area contributed by atoms with Gasteiger partial charge in [0.15, 0.2) is 0 Å². The highest BCUT2D eigenvalue weighted by Crippen LogP contribution is 2.27. The molecule has 104 valence electrons. The molecular formula is C15H18N4S. The summed E-state index contributed by atoms with van der Waals surface area (Å²) in [4.78, 5) is 10.0. The number of anilines is 1. The zero-order valence-electron chi connectivity index (χ0n) is 12.2. The lowest BCUT2D eigenvalue weighted by atomic mass is 10.1. The van der Waals surface area contributed by atoms with E-state index in [1.165, 1.54) is 4.88 Å². The normalized spacial score (nSPS) is 11.9. The molecule has 0 aromatic carbocycles. The van der Waals surface area contributed by atoms with Gasteiger partial charge in [-0.2, -0.15) is 5.26 Å². The number of rotatable bonds is 4. The molecule has 0 spiro atoms. The second-order valence-electron chi connectivity index (χ2n) is 4.77. The molecule has 0 radical (unpaired) electrons. The fourth-order valence-corrected chi connectivity index (χ4v) is 2.92. The van der Waals surface area contributed by atoms with Crippen LogP contribution in [0, 0.1) is 25.2 Å². The molecule has 1 unspecified atom stereocenters. The molecular weight excluding hydrogens is 268 g/mol. The smallest absolute Gasteiger partial charge is 0.115 e. The Morgan fingerprint density at radius 2 is 2.20 bits per heavy atom. The van der Waals surface area contributed by atoms with Crippen LogP contribution in [0.1, 0.15) is 46.7 Å². The third-order valence-electron chi connectivity index (χ3n) is 3.10. The van der Waals surface area contributed by atoms with Gasteiger partial charge in [0.25, 0.3) is 0 Å². The van der Waals surface area contributed by atoms with E-state index in [0.29, 0.717) is 5.56 Å². The van der Waals surface area contributed by atoms with E-state index in [0.717, 1.165) is 28.5 Å². The van der Waals surface area contributed by atoms with Crippen molar-refractivity contribution in [2.45, 2.75) is 40.2 Å². The highest BCUT2D eigenvalue weighted by molar-refractivity contribution is 7.11. The van der Waals surface area contributed by atoms with Crippen LogP contribution in [0.3, 0.4) is 0 Å².